The summed E-state index contributed by atoms with van der Waals surface area (Å²) in [5, 5.41) is 2.31. The molecule has 0 unspecified atom stereocenters. The number of sulfonamides is 1. The second-order valence-corrected chi connectivity index (χ2v) is 5.46. The lowest BCUT2D eigenvalue weighted by Crippen LogP contribution is -2.25. The lowest BCUT2D eigenvalue weighted by atomic mass is 10.3. The fourth-order valence-electron chi connectivity index (χ4n) is 1.23. The van der Waals surface area contributed by atoms with Crippen LogP contribution in [0.3, 0.4) is 0 Å². The predicted octanol–water partition coefficient (Wildman–Crippen LogP) is 0.415. The van der Waals surface area contributed by atoms with Gasteiger partial charge in [-0.05, 0) is 18.2 Å². The molecule has 1 aromatic rings. The van der Waals surface area contributed by atoms with E-state index in [4.69, 9.17) is 4.74 Å². The largest absolute Gasteiger partial charge is 0.481 e. The molecule has 110 valence electrons. The highest BCUT2D eigenvalue weighted by atomic mass is 32.2. The van der Waals surface area contributed by atoms with Crippen LogP contribution < -0.4 is 14.8 Å². The van der Waals surface area contributed by atoms with Crippen molar-refractivity contribution in [2.75, 3.05) is 20.2 Å². The maximum Gasteiger partial charge on any atom is 0.257 e. The molecule has 0 aliphatic rings. The molecule has 1 amide bonds. The third-order valence-corrected chi connectivity index (χ3v) is 3.69. The summed E-state index contributed by atoms with van der Waals surface area (Å²) >= 11 is 0. The van der Waals surface area contributed by atoms with E-state index in [0.29, 0.717) is 0 Å². The summed E-state index contributed by atoms with van der Waals surface area (Å²) < 4.78 is 44.3. The Balaban J connectivity index is 2.87. The number of hydrogen-bond acceptors (Lipinski definition) is 4. The topological polar surface area (TPSA) is 84.5 Å². The number of nitrogens with one attached hydrogen (secondary N) is 2. The first-order valence-electron chi connectivity index (χ1n) is 5.64. The summed E-state index contributed by atoms with van der Waals surface area (Å²) in [4.78, 5) is 10.7. The Kier molecular flexibility index (Phi) is 5.66. The first kappa shape index (κ1) is 16.1. The number of hydrogen-bond donors (Lipinski definition) is 2. The summed E-state index contributed by atoms with van der Waals surface area (Å²) in [5.41, 5.74) is 0. The van der Waals surface area contributed by atoms with Crippen molar-refractivity contribution in [2.45, 2.75) is 4.90 Å². The molecule has 20 heavy (non-hydrogen) atoms. The molecule has 0 saturated heterocycles. The van der Waals surface area contributed by atoms with Gasteiger partial charge in [-0.3, -0.25) is 4.79 Å². The molecule has 0 saturated carbocycles. The molecule has 1 aromatic carbocycles. The monoisotopic (exact) mass is 302 g/mol. The SMILES string of the molecule is C=CCNS(=O)(=O)c1ccc(OCC(=O)NC)c(F)c1. The molecule has 6 nitrogen and oxygen atoms in total. The molecule has 8 heteroatoms. The maximum atomic E-state index is 13.7. The smallest absolute Gasteiger partial charge is 0.257 e. The summed E-state index contributed by atoms with van der Waals surface area (Å²) in [6.07, 6.45) is 1.37. The summed E-state index contributed by atoms with van der Waals surface area (Å²) in [5.74, 6) is -1.49. The van der Waals surface area contributed by atoms with Gasteiger partial charge in [0.1, 0.15) is 0 Å². The molecule has 0 bridgehead atoms. The van der Waals surface area contributed by atoms with E-state index in [2.05, 4.69) is 16.6 Å². The molecule has 0 aromatic heterocycles. The summed E-state index contributed by atoms with van der Waals surface area (Å²) in [7, 11) is -2.37. The van der Waals surface area contributed by atoms with Gasteiger partial charge in [0.15, 0.2) is 18.2 Å². The average molecular weight is 302 g/mol. The molecule has 0 radical (unpaired) electrons. The number of carbonyl (C=O) groups excluding carboxylic acids is 1. The zero-order valence-corrected chi connectivity index (χ0v) is 11.7. The van der Waals surface area contributed by atoms with Crippen LogP contribution in [0.2, 0.25) is 0 Å². The Morgan fingerprint density at radius 1 is 1.50 bits per heavy atom. The van der Waals surface area contributed by atoms with Gasteiger partial charge in [-0.15, -0.1) is 6.58 Å². The predicted molar refractivity (Wildman–Crippen MR) is 71.3 cm³/mol. The van der Waals surface area contributed by atoms with Crippen molar-refractivity contribution in [1.29, 1.82) is 0 Å². The van der Waals surface area contributed by atoms with E-state index in [1.807, 2.05) is 0 Å². The highest BCUT2D eigenvalue weighted by Crippen LogP contribution is 2.20. The van der Waals surface area contributed by atoms with Crippen molar-refractivity contribution in [3.8, 4) is 5.75 Å². The molecule has 0 aliphatic heterocycles. The quantitative estimate of drug-likeness (QED) is 0.715. The van der Waals surface area contributed by atoms with E-state index in [-0.39, 0.29) is 23.8 Å². The van der Waals surface area contributed by atoms with Crippen molar-refractivity contribution in [3.05, 3.63) is 36.7 Å². The van der Waals surface area contributed by atoms with E-state index in [0.717, 1.165) is 12.1 Å². The van der Waals surface area contributed by atoms with Crippen molar-refractivity contribution >= 4 is 15.9 Å². The standard InChI is InChI=1S/C12H15FN2O4S/c1-3-6-15-20(17,18)9-4-5-11(10(13)7-9)19-8-12(16)14-2/h3-5,7,15H,1,6,8H2,2H3,(H,14,16). The number of carbonyl (C=O) groups is 1. The van der Waals surface area contributed by atoms with E-state index in [1.165, 1.54) is 19.2 Å². The third-order valence-electron chi connectivity index (χ3n) is 2.27. The van der Waals surface area contributed by atoms with Gasteiger partial charge in [-0.25, -0.2) is 17.5 Å². The van der Waals surface area contributed by atoms with E-state index >= 15 is 0 Å². The van der Waals surface area contributed by atoms with Gasteiger partial charge < -0.3 is 10.1 Å². The first-order chi connectivity index (χ1) is 9.40. The van der Waals surface area contributed by atoms with Gasteiger partial charge >= 0.3 is 0 Å². The van der Waals surface area contributed by atoms with Gasteiger partial charge in [0.05, 0.1) is 4.90 Å². The molecular weight excluding hydrogens is 287 g/mol. The van der Waals surface area contributed by atoms with E-state index < -0.39 is 21.7 Å². The van der Waals surface area contributed by atoms with Crippen LogP contribution in [0.4, 0.5) is 4.39 Å². The molecule has 0 fully saturated rings. The molecular formula is C12H15FN2O4S. The van der Waals surface area contributed by atoms with Gasteiger partial charge in [0.25, 0.3) is 5.91 Å². The molecule has 0 aliphatic carbocycles. The maximum absolute atomic E-state index is 13.7. The Labute approximate surface area is 116 Å². The Morgan fingerprint density at radius 2 is 2.20 bits per heavy atom. The van der Waals surface area contributed by atoms with Crippen LogP contribution in [-0.4, -0.2) is 34.5 Å². The number of ether oxygens (including phenoxy) is 1. The minimum atomic E-state index is -3.79. The average Bonchev–Trinajstić information content (AvgIpc) is 2.43. The summed E-state index contributed by atoms with van der Waals surface area (Å²) in [6.45, 7) is 3.07. The van der Waals surface area contributed by atoms with Gasteiger partial charge in [-0.1, -0.05) is 6.08 Å². The lowest BCUT2D eigenvalue weighted by molar-refractivity contribution is -0.122. The Morgan fingerprint density at radius 3 is 2.75 bits per heavy atom. The second-order valence-electron chi connectivity index (χ2n) is 3.69. The lowest BCUT2D eigenvalue weighted by Gasteiger charge is -2.09. The fourth-order valence-corrected chi connectivity index (χ4v) is 2.24. The zero-order chi connectivity index (χ0) is 15.2. The van der Waals surface area contributed by atoms with Crippen molar-refractivity contribution in [1.82, 2.24) is 10.0 Å². The van der Waals surface area contributed by atoms with Crippen LogP contribution in [0.5, 0.6) is 5.75 Å². The number of rotatable bonds is 7. The number of benzene rings is 1. The van der Waals surface area contributed by atoms with Crippen molar-refractivity contribution < 1.29 is 22.3 Å². The Hall–Kier alpha value is -1.93. The number of halogens is 1. The minimum Gasteiger partial charge on any atom is -0.481 e. The normalized spacial score (nSPS) is 10.9. The first-order valence-corrected chi connectivity index (χ1v) is 7.12. The highest BCUT2D eigenvalue weighted by molar-refractivity contribution is 7.89. The fraction of sp³-hybridized carbons (Fsp3) is 0.250. The van der Waals surface area contributed by atoms with Gasteiger partial charge in [0.2, 0.25) is 10.0 Å². The number of amides is 1. The Bertz CT molecular complexity index is 601. The van der Waals surface area contributed by atoms with Crippen molar-refractivity contribution in [3.63, 3.8) is 0 Å². The van der Waals surface area contributed by atoms with Crippen LogP contribution in [0, 0.1) is 5.82 Å². The van der Waals surface area contributed by atoms with E-state index in [1.54, 1.807) is 0 Å². The minimum absolute atomic E-state index is 0.0406. The molecule has 2 N–H and O–H groups in total. The third kappa shape index (κ3) is 4.32. The van der Waals surface area contributed by atoms with Crippen LogP contribution >= 0.6 is 0 Å². The zero-order valence-electron chi connectivity index (χ0n) is 10.8. The van der Waals surface area contributed by atoms with E-state index in [9.17, 15) is 17.6 Å². The molecule has 0 heterocycles. The van der Waals surface area contributed by atoms with Gasteiger partial charge in [0, 0.05) is 13.6 Å². The van der Waals surface area contributed by atoms with Crippen LogP contribution in [0.25, 0.3) is 0 Å². The molecule has 0 atom stereocenters. The summed E-state index contributed by atoms with van der Waals surface area (Å²) in [6, 6.07) is 3.17. The van der Waals surface area contributed by atoms with Gasteiger partial charge in [-0.2, -0.15) is 0 Å². The number of likely N-dealkylation sites (N-methyl/N-ethyl adjacent to an activating group) is 1. The van der Waals surface area contributed by atoms with Crippen molar-refractivity contribution in [2.24, 2.45) is 0 Å². The highest BCUT2D eigenvalue weighted by Gasteiger charge is 2.16. The second kappa shape index (κ2) is 7.01. The van der Waals surface area contributed by atoms with Crippen LogP contribution in [0.15, 0.2) is 35.7 Å². The molecule has 1 rings (SSSR count). The van der Waals surface area contributed by atoms with Crippen LogP contribution in [0.1, 0.15) is 0 Å². The molecule has 0 spiro atoms. The van der Waals surface area contributed by atoms with Crippen LogP contribution in [-0.2, 0) is 14.8 Å².